The van der Waals surface area contributed by atoms with Crippen molar-refractivity contribution in [2.75, 3.05) is 12.4 Å². The van der Waals surface area contributed by atoms with Gasteiger partial charge in [0.1, 0.15) is 6.04 Å². The molecule has 0 spiro atoms. The van der Waals surface area contributed by atoms with E-state index in [9.17, 15) is 9.59 Å². The van der Waals surface area contributed by atoms with Crippen LogP contribution in [0.3, 0.4) is 0 Å². The molecule has 1 atom stereocenters. The van der Waals surface area contributed by atoms with Gasteiger partial charge in [-0.1, -0.05) is 42.5 Å². The van der Waals surface area contributed by atoms with Crippen molar-refractivity contribution in [1.82, 2.24) is 5.32 Å². The number of rotatable bonds is 8. The lowest BCUT2D eigenvalue weighted by molar-refractivity contribution is -0.118. The van der Waals surface area contributed by atoms with Crippen molar-refractivity contribution >= 4 is 17.5 Å². The Kier molecular flexibility index (Phi) is 6.59. The summed E-state index contributed by atoms with van der Waals surface area (Å²) in [6, 6.07) is 19.3. The molecule has 0 saturated heterocycles. The molecule has 3 aromatic rings. The Labute approximate surface area is 163 Å². The highest BCUT2D eigenvalue weighted by atomic mass is 16.5. The smallest absolute Gasteiger partial charge is 0.287 e. The Morgan fingerprint density at radius 3 is 2.36 bits per heavy atom. The molecule has 0 aliphatic rings. The predicted molar refractivity (Wildman–Crippen MR) is 106 cm³/mol. The van der Waals surface area contributed by atoms with Crippen LogP contribution in [0.15, 0.2) is 77.4 Å². The van der Waals surface area contributed by atoms with Crippen LogP contribution < -0.4 is 10.6 Å². The summed E-state index contributed by atoms with van der Waals surface area (Å²) in [5.41, 5.74) is 2.60. The molecule has 2 amide bonds. The Morgan fingerprint density at radius 1 is 0.964 bits per heavy atom. The van der Waals surface area contributed by atoms with E-state index in [0.29, 0.717) is 18.7 Å². The lowest BCUT2D eigenvalue weighted by Crippen LogP contribution is -2.45. The average Bonchev–Trinajstić information content (AvgIpc) is 3.25. The molecule has 2 N–H and O–H groups in total. The van der Waals surface area contributed by atoms with Crippen molar-refractivity contribution in [3.63, 3.8) is 0 Å². The van der Waals surface area contributed by atoms with Crippen molar-refractivity contribution < 1.29 is 18.7 Å². The second-order valence-electron chi connectivity index (χ2n) is 6.31. The Balaban J connectivity index is 1.72. The molecule has 1 aromatic heterocycles. The molecule has 2 aromatic carbocycles. The average molecular weight is 378 g/mol. The van der Waals surface area contributed by atoms with Crippen LogP contribution in [0.4, 0.5) is 5.69 Å². The zero-order valence-electron chi connectivity index (χ0n) is 15.6. The van der Waals surface area contributed by atoms with Gasteiger partial charge in [0.2, 0.25) is 5.91 Å². The van der Waals surface area contributed by atoms with E-state index in [1.165, 1.54) is 6.26 Å². The Morgan fingerprint density at radius 2 is 1.71 bits per heavy atom. The largest absolute Gasteiger partial charge is 0.459 e. The lowest BCUT2D eigenvalue weighted by atomic mass is 10.0. The molecule has 0 aliphatic heterocycles. The van der Waals surface area contributed by atoms with Crippen molar-refractivity contribution in [3.8, 4) is 0 Å². The summed E-state index contributed by atoms with van der Waals surface area (Å²) in [5.74, 6) is -0.574. The predicted octanol–water partition coefficient (Wildman–Crippen LogP) is 3.41. The van der Waals surface area contributed by atoms with Crippen LogP contribution in [-0.2, 0) is 22.6 Å². The molecule has 3 rings (SSSR count). The molecule has 0 unspecified atom stereocenters. The third-order valence-corrected chi connectivity index (χ3v) is 4.18. The quantitative estimate of drug-likeness (QED) is 0.629. The van der Waals surface area contributed by atoms with Crippen LogP contribution >= 0.6 is 0 Å². The van der Waals surface area contributed by atoms with E-state index in [0.717, 1.165) is 11.1 Å². The van der Waals surface area contributed by atoms with E-state index < -0.39 is 11.9 Å². The fraction of sp³-hybridized carbons (Fsp3) is 0.182. The molecule has 0 saturated carbocycles. The molecule has 28 heavy (non-hydrogen) atoms. The molecule has 6 nitrogen and oxygen atoms in total. The zero-order chi connectivity index (χ0) is 19.8. The lowest BCUT2D eigenvalue weighted by Gasteiger charge is -2.18. The van der Waals surface area contributed by atoms with E-state index in [4.69, 9.17) is 9.15 Å². The van der Waals surface area contributed by atoms with E-state index in [2.05, 4.69) is 10.6 Å². The first-order valence-corrected chi connectivity index (χ1v) is 8.93. The molecule has 0 aliphatic carbocycles. The van der Waals surface area contributed by atoms with Gasteiger partial charge in [-0.05, 0) is 35.4 Å². The van der Waals surface area contributed by atoms with Crippen molar-refractivity contribution in [2.45, 2.75) is 19.1 Å². The second kappa shape index (κ2) is 9.53. The third-order valence-electron chi connectivity index (χ3n) is 4.18. The maximum Gasteiger partial charge on any atom is 0.287 e. The minimum absolute atomic E-state index is 0.162. The molecule has 0 bridgehead atoms. The van der Waals surface area contributed by atoms with E-state index in [1.807, 2.05) is 42.5 Å². The standard InChI is InChI=1S/C22H22N2O4/c1-27-15-17-9-11-18(12-10-17)23-21(25)19(14-16-6-3-2-4-7-16)24-22(26)20-8-5-13-28-20/h2-13,19H,14-15H2,1H3,(H,23,25)(H,24,26)/t19-/m1/s1. The van der Waals surface area contributed by atoms with E-state index in [-0.39, 0.29) is 11.7 Å². The number of hydrogen-bond acceptors (Lipinski definition) is 4. The zero-order valence-corrected chi connectivity index (χ0v) is 15.6. The number of benzene rings is 2. The topological polar surface area (TPSA) is 80.6 Å². The maximum atomic E-state index is 12.9. The summed E-state index contributed by atoms with van der Waals surface area (Å²) in [6.45, 7) is 0.504. The van der Waals surface area contributed by atoms with Crippen LogP contribution in [0.5, 0.6) is 0 Å². The van der Waals surface area contributed by atoms with Gasteiger partial charge in [0, 0.05) is 19.2 Å². The van der Waals surface area contributed by atoms with Crippen LogP contribution in [0.1, 0.15) is 21.7 Å². The highest BCUT2D eigenvalue weighted by molar-refractivity contribution is 6.00. The number of hydrogen-bond donors (Lipinski definition) is 2. The second-order valence-corrected chi connectivity index (χ2v) is 6.31. The van der Waals surface area contributed by atoms with E-state index >= 15 is 0 Å². The van der Waals surface area contributed by atoms with Crippen molar-refractivity contribution in [1.29, 1.82) is 0 Å². The molecule has 1 heterocycles. The fourth-order valence-electron chi connectivity index (χ4n) is 2.78. The maximum absolute atomic E-state index is 12.9. The van der Waals surface area contributed by atoms with Crippen LogP contribution in [0.2, 0.25) is 0 Å². The SMILES string of the molecule is COCc1ccc(NC(=O)[C@@H](Cc2ccccc2)NC(=O)c2ccco2)cc1. The van der Waals surface area contributed by atoms with Gasteiger partial charge in [-0.2, -0.15) is 0 Å². The number of carbonyl (C=O) groups is 2. The van der Waals surface area contributed by atoms with Gasteiger partial charge in [-0.15, -0.1) is 0 Å². The fourth-order valence-corrected chi connectivity index (χ4v) is 2.78. The Hall–Kier alpha value is -3.38. The first-order valence-electron chi connectivity index (χ1n) is 8.93. The number of ether oxygens (including phenoxy) is 1. The summed E-state index contributed by atoms with van der Waals surface area (Å²) < 4.78 is 10.2. The Bertz CT molecular complexity index is 890. The monoisotopic (exact) mass is 378 g/mol. The summed E-state index contributed by atoms with van der Waals surface area (Å²) in [7, 11) is 1.63. The van der Waals surface area contributed by atoms with Gasteiger partial charge in [0.05, 0.1) is 12.9 Å². The van der Waals surface area contributed by atoms with Crippen LogP contribution in [0.25, 0.3) is 0 Å². The summed E-state index contributed by atoms with van der Waals surface area (Å²) in [5, 5.41) is 5.61. The van der Waals surface area contributed by atoms with Crippen molar-refractivity contribution in [2.24, 2.45) is 0 Å². The van der Waals surface area contributed by atoms with Gasteiger partial charge in [0.25, 0.3) is 5.91 Å². The van der Waals surface area contributed by atoms with Gasteiger partial charge in [0.15, 0.2) is 5.76 Å². The summed E-state index contributed by atoms with van der Waals surface area (Å²) >= 11 is 0. The van der Waals surface area contributed by atoms with Gasteiger partial charge >= 0.3 is 0 Å². The molecular formula is C22H22N2O4. The summed E-state index contributed by atoms with van der Waals surface area (Å²) in [6.07, 6.45) is 1.78. The van der Waals surface area contributed by atoms with Crippen LogP contribution in [-0.4, -0.2) is 25.0 Å². The van der Waals surface area contributed by atoms with Crippen molar-refractivity contribution in [3.05, 3.63) is 89.9 Å². The highest BCUT2D eigenvalue weighted by Gasteiger charge is 2.23. The van der Waals surface area contributed by atoms with Crippen LogP contribution in [0, 0.1) is 0 Å². The highest BCUT2D eigenvalue weighted by Crippen LogP contribution is 2.12. The van der Waals surface area contributed by atoms with Gasteiger partial charge in [-0.3, -0.25) is 9.59 Å². The number of carbonyl (C=O) groups excluding carboxylic acids is 2. The number of amides is 2. The molecular weight excluding hydrogens is 356 g/mol. The minimum Gasteiger partial charge on any atom is -0.459 e. The summed E-state index contributed by atoms with van der Waals surface area (Å²) in [4.78, 5) is 25.2. The number of anilines is 1. The van der Waals surface area contributed by atoms with E-state index in [1.54, 1.807) is 31.4 Å². The molecule has 0 radical (unpaired) electrons. The van der Waals surface area contributed by atoms with Gasteiger partial charge < -0.3 is 19.8 Å². The number of furan rings is 1. The first-order chi connectivity index (χ1) is 13.7. The third kappa shape index (κ3) is 5.31. The molecule has 0 fully saturated rings. The molecule has 144 valence electrons. The number of methoxy groups -OCH3 is 1. The van der Waals surface area contributed by atoms with Gasteiger partial charge in [-0.25, -0.2) is 0 Å². The number of nitrogens with one attached hydrogen (secondary N) is 2. The molecule has 6 heteroatoms. The normalized spacial score (nSPS) is 11.6. The first kappa shape index (κ1) is 19.4. The minimum atomic E-state index is -0.751.